The second kappa shape index (κ2) is 9.85. The molecular formula is C20H29ClF3IO. The maximum atomic E-state index is 14.4. The molecule has 1 nitrogen and oxygen atoms in total. The van der Waals surface area contributed by atoms with Gasteiger partial charge in [-0.1, -0.05) is 80.8 Å². The Hall–Kier alpha value is -0.170. The fourth-order valence-corrected chi connectivity index (χ4v) is 3.85. The van der Waals surface area contributed by atoms with E-state index in [4.69, 9.17) is 16.3 Å². The highest BCUT2D eigenvalue weighted by molar-refractivity contribution is 14.1. The Bertz CT molecular complexity index is 587. The molecule has 6 heteroatoms. The summed E-state index contributed by atoms with van der Waals surface area (Å²) in [6.45, 7) is 9.49. The molecule has 2 atom stereocenters. The molecule has 0 spiro atoms. The summed E-state index contributed by atoms with van der Waals surface area (Å²) < 4.78 is 47.6. The van der Waals surface area contributed by atoms with Gasteiger partial charge in [0.25, 0.3) is 0 Å². The predicted molar refractivity (Wildman–Crippen MR) is 111 cm³/mol. The van der Waals surface area contributed by atoms with Crippen LogP contribution in [0.5, 0.6) is 5.75 Å². The van der Waals surface area contributed by atoms with Crippen LogP contribution in [0.1, 0.15) is 65.4 Å². The third-order valence-electron chi connectivity index (χ3n) is 4.86. The van der Waals surface area contributed by atoms with Gasteiger partial charge in [-0.3, -0.25) is 0 Å². The molecule has 0 aliphatic rings. The number of alkyl halides is 3. The largest absolute Gasteiger partial charge is 0.431 e. The summed E-state index contributed by atoms with van der Waals surface area (Å²) in [4.78, 5) is 0. The maximum Gasteiger partial charge on any atom is 0.400 e. The van der Waals surface area contributed by atoms with Crippen LogP contribution in [-0.4, -0.2) is 9.53 Å². The number of aryl methyl sites for hydroxylation is 1. The molecule has 150 valence electrons. The van der Waals surface area contributed by atoms with Gasteiger partial charge in [-0.25, -0.2) is 4.39 Å². The van der Waals surface area contributed by atoms with E-state index in [1.54, 1.807) is 0 Å². The fraction of sp³-hybridized carbons (Fsp3) is 0.700. The molecule has 0 saturated carbocycles. The van der Waals surface area contributed by atoms with E-state index in [0.29, 0.717) is 24.3 Å². The highest BCUT2D eigenvalue weighted by Crippen LogP contribution is 2.39. The molecule has 0 radical (unpaired) electrons. The van der Waals surface area contributed by atoms with Gasteiger partial charge in [-0.2, -0.15) is 8.78 Å². The van der Waals surface area contributed by atoms with Crippen LogP contribution in [-0.2, 0) is 0 Å². The van der Waals surface area contributed by atoms with Crippen molar-refractivity contribution < 1.29 is 17.9 Å². The quantitative estimate of drug-likeness (QED) is 0.230. The van der Waals surface area contributed by atoms with Gasteiger partial charge in [0.15, 0.2) is 0 Å². The van der Waals surface area contributed by atoms with Crippen molar-refractivity contribution in [1.29, 1.82) is 0 Å². The first kappa shape index (κ1) is 23.9. The van der Waals surface area contributed by atoms with Crippen LogP contribution in [0.25, 0.3) is 0 Å². The topological polar surface area (TPSA) is 9.23 Å². The van der Waals surface area contributed by atoms with E-state index in [2.05, 4.69) is 43.4 Å². The van der Waals surface area contributed by atoms with Crippen molar-refractivity contribution in [2.24, 2.45) is 11.8 Å². The summed E-state index contributed by atoms with van der Waals surface area (Å²) in [5, 5.41) is -0.397. The van der Waals surface area contributed by atoms with E-state index in [1.165, 1.54) is 26.0 Å². The molecular weight excluding hydrogens is 476 g/mol. The Morgan fingerprint density at radius 1 is 1.19 bits per heavy atom. The second-order valence-corrected chi connectivity index (χ2v) is 10.7. The molecule has 0 fully saturated rings. The standard InChI is InChI=1S/C20H29ClF3IO/c1-6-8-15(19(4,5)25)10-7-9-14(3)20(23,24)26-16-12-11-13(2)18(22)17(16)21/h11-12,14-15H,6-10H2,1-5H3. The zero-order chi connectivity index (χ0) is 20.1. The predicted octanol–water partition coefficient (Wildman–Crippen LogP) is 8.20. The van der Waals surface area contributed by atoms with Gasteiger partial charge < -0.3 is 4.74 Å². The highest BCUT2D eigenvalue weighted by atomic mass is 127. The lowest BCUT2D eigenvalue weighted by Gasteiger charge is -2.30. The zero-order valence-corrected chi connectivity index (χ0v) is 19.1. The Labute approximate surface area is 174 Å². The van der Waals surface area contributed by atoms with Crippen LogP contribution in [0.3, 0.4) is 0 Å². The first-order valence-corrected chi connectivity index (χ1v) is 10.6. The van der Waals surface area contributed by atoms with Gasteiger partial charge >= 0.3 is 6.11 Å². The van der Waals surface area contributed by atoms with Gasteiger partial charge in [0.05, 0.1) is 5.92 Å². The van der Waals surface area contributed by atoms with E-state index in [9.17, 15) is 13.2 Å². The van der Waals surface area contributed by atoms with Crippen LogP contribution >= 0.6 is 34.2 Å². The summed E-state index contributed by atoms with van der Waals surface area (Å²) in [6.07, 6.45) is 0.730. The average Bonchev–Trinajstić information content (AvgIpc) is 2.53. The lowest BCUT2D eigenvalue weighted by molar-refractivity contribution is -0.213. The van der Waals surface area contributed by atoms with Crippen molar-refractivity contribution in [3.63, 3.8) is 0 Å². The molecule has 0 heterocycles. The van der Waals surface area contributed by atoms with Crippen LogP contribution < -0.4 is 4.74 Å². The van der Waals surface area contributed by atoms with Gasteiger partial charge in [0.1, 0.15) is 16.6 Å². The number of hydrogen-bond donors (Lipinski definition) is 0. The van der Waals surface area contributed by atoms with Crippen molar-refractivity contribution in [3.8, 4) is 5.75 Å². The third-order valence-corrected chi connectivity index (χ3v) is 6.09. The van der Waals surface area contributed by atoms with Crippen molar-refractivity contribution in [3.05, 3.63) is 28.5 Å². The number of hydrogen-bond acceptors (Lipinski definition) is 1. The molecule has 26 heavy (non-hydrogen) atoms. The van der Waals surface area contributed by atoms with E-state index in [0.717, 1.165) is 19.3 Å². The molecule has 0 N–H and O–H groups in total. The first-order chi connectivity index (χ1) is 11.9. The normalized spacial score (nSPS) is 15.0. The molecule has 0 amide bonds. The Kier molecular flexibility index (Phi) is 9.04. The highest BCUT2D eigenvalue weighted by Gasteiger charge is 2.40. The molecule has 1 aromatic rings. The Morgan fingerprint density at radius 3 is 2.35 bits per heavy atom. The lowest BCUT2D eigenvalue weighted by atomic mass is 9.85. The summed E-state index contributed by atoms with van der Waals surface area (Å²) >= 11 is 8.24. The number of ether oxygens (including phenoxy) is 1. The number of benzene rings is 1. The minimum absolute atomic E-state index is 0.142. The van der Waals surface area contributed by atoms with E-state index < -0.39 is 22.9 Å². The van der Waals surface area contributed by atoms with Crippen LogP contribution in [0.15, 0.2) is 12.1 Å². The zero-order valence-electron chi connectivity index (χ0n) is 16.1. The Balaban J connectivity index is 2.68. The molecule has 0 saturated heterocycles. The molecule has 2 unspecified atom stereocenters. The van der Waals surface area contributed by atoms with Crippen LogP contribution in [0.4, 0.5) is 13.2 Å². The molecule has 1 aromatic carbocycles. The summed E-state index contributed by atoms with van der Waals surface area (Å²) in [5.74, 6) is -1.53. The number of halogens is 5. The molecule has 0 aliphatic carbocycles. The Morgan fingerprint density at radius 2 is 1.81 bits per heavy atom. The number of rotatable bonds is 10. The van der Waals surface area contributed by atoms with Crippen molar-refractivity contribution >= 4 is 34.2 Å². The molecule has 0 aromatic heterocycles. The molecule has 0 aliphatic heterocycles. The SMILES string of the molecule is CCCC(CCCC(C)C(F)(F)Oc1ccc(C)c(F)c1Cl)C(C)(C)I. The summed E-state index contributed by atoms with van der Waals surface area (Å²) in [6, 6.07) is 2.67. The third kappa shape index (κ3) is 6.77. The molecule has 0 bridgehead atoms. The average molecular weight is 505 g/mol. The molecule has 1 rings (SSSR count). The summed E-state index contributed by atoms with van der Waals surface area (Å²) in [7, 11) is 0. The van der Waals surface area contributed by atoms with Gasteiger partial charge in [-0.15, -0.1) is 0 Å². The van der Waals surface area contributed by atoms with Gasteiger partial charge in [-0.05, 0) is 43.7 Å². The maximum absolute atomic E-state index is 14.4. The minimum Gasteiger partial charge on any atom is -0.431 e. The van der Waals surface area contributed by atoms with E-state index in [1.807, 2.05) is 0 Å². The van der Waals surface area contributed by atoms with Crippen molar-refractivity contribution in [2.75, 3.05) is 0 Å². The van der Waals surface area contributed by atoms with E-state index >= 15 is 0 Å². The van der Waals surface area contributed by atoms with Crippen molar-refractivity contribution in [2.45, 2.75) is 76.3 Å². The minimum atomic E-state index is -3.40. The lowest BCUT2D eigenvalue weighted by Crippen LogP contribution is -2.33. The first-order valence-electron chi connectivity index (χ1n) is 9.10. The van der Waals surface area contributed by atoms with Crippen LogP contribution in [0, 0.1) is 24.6 Å². The smallest absolute Gasteiger partial charge is 0.400 e. The monoisotopic (exact) mass is 504 g/mol. The van der Waals surface area contributed by atoms with Crippen LogP contribution in [0.2, 0.25) is 5.02 Å². The fourth-order valence-electron chi connectivity index (χ4n) is 2.97. The second-order valence-electron chi connectivity index (χ2n) is 7.55. The van der Waals surface area contributed by atoms with Gasteiger partial charge in [0, 0.05) is 3.42 Å². The van der Waals surface area contributed by atoms with E-state index in [-0.39, 0.29) is 9.17 Å². The van der Waals surface area contributed by atoms with Crippen molar-refractivity contribution in [1.82, 2.24) is 0 Å². The summed E-state index contributed by atoms with van der Waals surface area (Å²) in [5.41, 5.74) is 0.294. The van der Waals surface area contributed by atoms with Gasteiger partial charge in [0.2, 0.25) is 0 Å².